The third kappa shape index (κ3) is 4.26. The van der Waals surface area contributed by atoms with Gasteiger partial charge in [0.2, 0.25) is 0 Å². The molecule has 0 radical (unpaired) electrons. The number of hydrogen-bond acceptors (Lipinski definition) is 4. The van der Waals surface area contributed by atoms with Crippen molar-refractivity contribution in [2.75, 3.05) is 19.6 Å². The molecule has 0 bridgehead atoms. The third-order valence-electron chi connectivity index (χ3n) is 4.56. The zero-order valence-electron chi connectivity index (χ0n) is 12.8. The largest absolute Gasteiger partial charge is 0.330 e. The molecule has 4 heteroatoms. The third-order valence-corrected chi connectivity index (χ3v) is 4.56. The monoisotopic (exact) mass is 269 g/mol. The molecule has 4 unspecified atom stereocenters. The molecule has 0 aromatic rings. The molecule has 1 saturated heterocycles. The van der Waals surface area contributed by atoms with E-state index < -0.39 is 0 Å². The van der Waals surface area contributed by atoms with Gasteiger partial charge in [0.15, 0.2) is 0 Å². The van der Waals surface area contributed by atoms with Gasteiger partial charge in [-0.05, 0) is 51.6 Å². The van der Waals surface area contributed by atoms with Crippen molar-refractivity contribution in [2.24, 2.45) is 23.3 Å². The van der Waals surface area contributed by atoms with Gasteiger partial charge in [0.05, 0.1) is 0 Å². The molecular weight excluding hydrogens is 238 g/mol. The molecule has 0 amide bonds. The summed E-state index contributed by atoms with van der Waals surface area (Å²) in [4.78, 5) is 14.0. The van der Waals surface area contributed by atoms with Crippen LogP contribution in [0.5, 0.6) is 0 Å². The molecule has 4 N–H and O–H groups in total. The van der Waals surface area contributed by atoms with E-state index in [-0.39, 0.29) is 12.0 Å². The van der Waals surface area contributed by atoms with Gasteiger partial charge < -0.3 is 11.5 Å². The summed E-state index contributed by atoms with van der Waals surface area (Å²) in [7, 11) is 0. The lowest BCUT2D eigenvalue weighted by atomic mass is 9.80. The number of Topliss-reactive ketones (excluding diaryl/α,β-unsaturated/α-hetero) is 1. The summed E-state index contributed by atoms with van der Waals surface area (Å²) in [5.41, 5.74) is 11.9. The van der Waals surface area contributed by atoms with Gasteiger partial charge in [0, 0.05) is 24.5 Å². The van der Waals surface area contributed by atoms with Gasteiger partial charge in [-0.15, -0.1) is 0 Å². The highest BCUT2D eigenvalue weighted by Gasteiger charge is 2.36. The average molecular weight is 269 g/mol. The van der Waals surface area contributed by atoms with Gasteiger partial charge in [-0.2, -0.15) is 0 Å². The van der Waals surface area contributed by atoms with E-state index in [4.69, 9.17) is 11.5 Å². The SMILES string of the molecule is CC.CC(=O)C1CCC(N)C(N2CCC(CN)C2)C1. The number of likely N-dealkylation sites (tertiary alicyclic amines) is 1. The predicted molar refractivity (Wildman–Crippen MR) is 79.9 cm³/mol. The summed E-state index contributed by atoms with van der Waals surface area (Å²) in [5.74, 6) is 1.19. The second kappa shape index (κ2) is 7.98. The summed E-state index contributed by atoms with van der Waals surface area (Å²) in [6.07, 6.45) is 4.10. The molecule has 4 nitrogen and oxygen atoms in total. The van der Waals surface area contributed by atoms with E-state index >= 15 is 0 Å². The summed E-state index contributed by atoms with van der Waals surface area (Å²) < 4.78 is 0. The minimum atomic E-state index is 0.233. The van der Waals surface area contributed by atoms with Crippen LogP contribution in [0.3, 0.4) is 0 Å². The van der Waals surface area contributed by atoms with E-state index in [9.17, 15) is 4.79 Å². The molecule has 1 aliphatic carbocycles. The normalized spacial score (nSPS) is 35.6. The van der Waals surface area contributed by atoms with Crippen molar-refractivity contribution in [3.05, 3.63) is 0 Å². The molecule has 0 aromatic carbocycles. The fourth-order valence-corrected chi connectivity index (χ4v) is 3.32. The Morgan fingerprint density at radius 2 is 1.95 bits per heavy atom. The molecular formula is C15H31N3O. The minimum Gasteiger partial charge on any atom is -0.330 e. The lowest BCUT2D eigenvalue weighted by molar-refractivity contribution is -0.122. The van der Waals surface area contributed by atoms with Gasteiger partial charge in [-0.1, -0.05) is 13.8 Å². The maximum Gasteiger partial charge on any atom is 0.132 e. The maximum atomic E-state index is 11.5. The number of nitrogens with zero attached hydrogens (tertiary/aromatic N) is 1. The molecule has 2 rings (SSSR count). The van der Waals surface area contributed by atoms with Crippen molar-refractivity contribution in [3.8, 4) is 0 Å². The first-order valence-electron chi connectivity index (χ1n) is 7.82. The Morgan fingerprint density at radius 3 is 2.47 bits per heavy atom. The fraction of sp³-hybridized carbons (Fsp3) is 0.933. The van der Waals surface area contributed by atoms with Crippen molar-refractivity contribution in [1.29, 1.82) is 0 Å². The number of rotatable bonds is 3. The highest BCUT2D eigenvalue weighted by atomic mass is 16.1. The molecule has 4 atom stereocenters. The van der Waals surface area contributed by atoms with Crippen molar-refractivity contribution in [3.63, 3.8) is 0 Å². The molecule has 1 saturated carbocycles. The zero-order valence-corrected chi connectivity index (χ0v) is 12.8. The smallest absolute Gasteiger partial charge is 0.132 e. The van der Waals surface area contributed by atoms with Gasteiger partial charge in [0.25, 0.3) is 0 Å². The van der Waals surface area contributed by atoms with Crippen LogP contribution in [0.1, 0.15) is 46.5 Å². The lowest BCUT2D eigenvalue weighted by Crippen LogP contribution is -2.51. The molecule has 2 aliphatic rings. The van der Waals surface area contributed by atoms with Crippen molar-refractivity contribution >= 4 is 5.78 Å². The summed E-state index contributed by atoms with van der Waals surface area (Å²) in [6.45, 7) is 8.66. The van der Waals surface area contributed by atoms with Crippen LogP contribution in [0.15, 0.2) is 0 Å². The van der Waals surface area contributed by atoms with Gasteiger partial charge in [0.1, 0.15) is 5.78 Å². The van der Waals surface area contributed by atoms with Crippen LogP contribution in [-0.2, 0) is 4.79 Å². The zero-order chi connectivity index (χ0) is 14.4. The van der Waals surface area contributed by atoms with Crippen LogP contribution in [0.4, 0.5) is 0 Å². The maximum absolute atomic E-state index is 11.5. The van der Waals surface area contributed by atoms with E-state index in [2.05, 4.69) is 4.90 Å². The average Bonchev–Trinajstić information content (AvgIpc) is 2.90. The Morgan fingerprint density at radius 1 is 1.26 bits per heavy atom. The summed E-state index contributed by atoms with van der Waals surface area (Å²) in [6, 6.07) is 0.635. The van der Waals surface area contributed by atoms with Crippen LogP contribution < -0.4 is 11.5 Å². The first-order chi connectivity index (χ1) is 9.11. The molecule has 1 heterocycles. The van der Waals surface area contributed by atoms with Crippen LogP contribution >= 0.6 is 0 Å². The quantitative estimate of drug-likeness (QED) is 0.812. The van der Waals surface area contributed by atoms with E-state index in [0.717, 1.165) is 38.9 Å². The van der Waals surface area contributed by atoms with Crippen molar-refractivity contribution in [2.45, 2.75) is 58.5 Å². The van der Waals surface area contributed by atoms with E-state index in [1.807, 2.05) is 13.8 Å². The van der Waals surface area contributed by atoms with E-state index in [1.165, 1.54) is 6.42 Å². The standard InChI is InChI=1S/C13H25N3O.C2H6/c1-9(17)11-2-3-12(15)13(6-11)16-5-4-10(7-14)8-16;1-2/h10-13H,2-8,14-15H2,1H3;1-2H3. The number of nitrogens with two attached hydrogens (primary N) is 2. The van der Waals surface area contributed by atoms with Crippen LogP contribution in [0.25, 0.3) is 0 Å². The molecule has 1 aliphatic heterocycles. The Labute approximate surface area is 117 Å². The Hall–Kier alpha value is -0.450. The van der Waals surface area contributed by atoms with Crippen LogP contribution in [0.2, 0.25) is 0 Å². The Balaban J connectivity index is 0.000000861. The predicted octanol–water partition coefficient (Wildman–Crippen LogP) is 1.38. The first kappa shape index (κ1) is 16.6. The Bertz CT molecular complexity index is 283. The topological polar surface area (TPSA) is 72.4 Å². The van der Waals surface area contributed by atoms with Crippen molar-refractivity contribution in [1.82, 2.24) is 4.90 Å². The second-order valence-electron chi connectivity index (χ2n) is 5.74. The lowest BCUT2D eigenvalue weighted by Gasteiger charge is -2.39. The number of carbonyl (C=O) groups is 1. The summed E-state index contributed by atoms with van der Waals surface area (Å²) in [5, 5.41) is 0. The highest BCUT2D eigenvalue weighted by molar-refractivity contribution is 5.78. The van der Waals surface area contributed by atoms with E-state index in [1.54, 1.807) is 6.92 Å². The molecule has 2 fully saturated rings. The molecule has 19 heavy (non-hydrogen) atoms. The summed E-state index contributed by atoms with van der Waals surface area (Å²) >= 11 is 0. The van der Waals surface area contributed by atoms with E-state index in [0.29, 0.717) is 17.7 Å². The van der Waals surface area contributed by atoms with Gasteiger partial charge in [-0.25, -0.2) is 0 Å². The van der Waals surface area contributed by atoms with Gasteiger partial charge in [-0.3, -0.25) is 9.69 Å². The Kier molecular flexibility index (Phi) is 6.97. The van der Waals surface area contributed by atoms with Crippen molar-refractivity contribution < 1.29 is 4.79 Å². The second-order valence-corrected chi connectivity index (χ2v) is 5.74. The molecule has 112 valence electrons. The number of ketones is 1. The number of carbonyl (C=O) groups excluding carboxylic acids is 1. The fourth-order valence-electron chi connectivity index (χ4n) is 3.32. The van der Waals surface area contributed by atoms with Crippen LogP contribution in [-0.4, -0.2) is 42.4 Å². The minimum absolute atomic E-state index is 0.233. The van der Waals surface area contributed by atoms with Crippen LogP contribution in [0, 0.1) is 11.8 Å². The number of hydrogen-bond donors (Lipinski definition) is 2. The first-order valence-corrected chi connectivity index (χ1v) is 7.82. The molecule has 0 spiro atoms. The highest BCUT2D eigenvalue weighted by Crippen LogP contribution is 2.30. The molecule has 0 aromatic heterocycles. The van der Waals surface area contributed by atoms with Gasteiger partial charge >= 0.3 is 0 Å².